The fraction of sp³-hybridized carbons (Fsp3) is 0.238. The maximum Gasteiger partial charge on any atom is 0.416 e. The number of nitro groups is 1. The van der Waals surface area contributed by atoms with E-state index in [1.807, 2.05) is 4.90 Å². The first kappa shape index (κ1) is 25.1. The van der Waals surface area contributed by atoms with Crippen molar-refractivity contribution in [3.63, 3.8) is 0 Å². The third-order valence-electron chi connectivity index (χ3n) is 4.92. The van der Waals surface area contributed by atoms with Crippen LogP contribution in [0.5, 0.6) is 0 Å². The molecule has 11 nitrogen and oxygen atoms in total. The van der Waals surface area contributed by atoms with Crippen LogP contribution in [0.15, 0.2) is 47.6 Å². The average molecular weight is 523 g/mol. The van der Waals surface area contributed by atoms with Gasteiger partial charge in [-0.05, 0) is 24.3 Å². The monoisotopic (exact) mass is 522 g/mol. The molecule has 2 heterocycles. The van der Waals surface area contributed by atoms with Gasteiger partial charge in [0.2, 0.25) is 17.8 Å². The van der Waals surface area contributed by atoms with Crippen molar-refractivity contribution in [3.05, 3.63) is 68.7 Å². The van der Waals surface area contributed by atoms with Crippen molar-refractivity contribution < 1.29 is 22.8 Å². The number of anilines is 4. The molecule has 2 aromatic carbocycles. The predicted octanol–water partition coefficient (Wildman–Crippen LogP) is 4.48. The van der Waals surface area contributed by atoms with Crippen LogP contribution in [0, 0.1) is 10.1 Å². The summed E-state index contributed by atoms with van der Waals surface area (Å²) in [7, 11) is 0. The number of halogens is 4. The van der Waals surface area contributed by atoms with Gasteiger partial charge >= 0.3 is 6.18 Å². The first-order valence-corrected chi connectivity index (χ1v) is 10.8. The van der Waals surface area contributed by atoms with Gasteiger partial charge in [-0.15, -0.1) is 0 Å². The Kier molecular flexibility index (Phi) is 7.45. The van der Waals surface area contributed by atoms with Crippen molar-refractivity contribution in [3.8, 4) is 0 Å². The normalized spacial score (nSPS) is 14.2. The SMILES string of the molecule is O=[N+]([O-])c1ccc(Cl)c(C=NNc2nc(Nc3cccc(C(F)(F)F)c3)nc(N3CCOCC3)n2)c1. The Morgan fingerprint density at radius 2 is 1.86 bits per heavy atom. The van der Waals surface area contributed by atoms with E-state index in [1.54, 1.807) is 0 Å². The van der Waals surface area contributed by atoms with Crippen molar-refractivity contribution >= 4 is 47.0 Å². The number of alkyl halides is 3. The molecule has 188 valence electrons. The number of nitro benzene ring substituents is 1. The molecule has 1 fully saturated rings. The molecular formula is C21H18ClF3N8O3. The lowest BCUT2D eigenvalue weighted by Gasteiger charge is -2.27. The summed E-state index contributed by atoms with van der Waals surface area (Å²) >= 11 is 6.08. The van der Waals surface area contributed by atoms with E-state index in [4.69, 9.17) is 16.3 Å². The summed E-state index contributed by atoms with van der Waals surface area (Å²) < 4.78 is 44.6. The number of hydrazone groups is 1. The molecule has 4 rings (SSSR count). The van der Waals surface area contributed by atoms with Crippen LogP contribution < -0.4 is 15.6 Å². The molecule has 0 amide bonds. The zero-order valence-electron chi connectivity index (χ0n) is 18.4. The van der Waals surface area contributed by atoms with Crippen LogP contribution in [0.3, 0.4) is 0 Å². The lowest BCUT2D eigenvalue weighted by molar-refractivity contribution is -0.384. The van der Waals surface area contributed by atoms with Gasteiger partial charge in [0.1, 0.15) is 0 Å². The van der Waals surface area contributed by atoms with Crippen molar-refractivity contribution in [2.75, 3.05) is 41.9 Å². The molecule has 2 N–H and O–H groups in total. The lowest BCUT2D eigenvalue weighted by Crippen LogP contribution is -2.37. The fourth-order valence-corrected chi connectivity index (χ4v) is 3.35. The van der Waals surface area contributed by atoms with Crippen LogP contribution >= 0.6 is 11.6 Å². The summed E-state index contributed by atoms with van der Waals surface area (Å²) in [5.74, 6) is 0.226. The van der Waals surface area contributed by atoms with E-state index >= 15 is 0 Å². The second-order valence-electron chi connectivity index (χ2n) is 7.42. The molecule has 15 heteroatoms. The highest BCUT2D eigenvalue weighted by Gasteiger charge is 2.30. The van der Waals surface area contributed by atoms with Gasteiger partial charge < -0.3 is 15.0 Å². The second kappa shape index (κ2) is 10.7. The Morgan fingerprint density at radius 3 is 2.58 bits per heavy atom. The molecule has 1 aromatic heterocycles. The number of rotatable bonds is 7. The minimum Gasteiger partial charge on any atom is -0.378 e. The van der Waals surface area contributed by atoms with E-state index < -0.39 is 16.7 Å². The molecule has 1 aliphatic heterocycles. The largest absolute Gasteiger partial charge is 0.416 e. The molecule has 3 aromatic rings. The highest BCUT2D eigenvalue weighted by Crippen LogP contribution is 2.31. The molecule has 1 saturated heterocycles. The third-order valence-corrected chi connectivity index (χ3v) is 5.27. The number of ether oxygens (including phenoxy) is 1. The zero-order valence-corrected chi connectivity index (χ0v) is 19.1. The summed E-state index contributed by atoms with van der Waals surface area (Å²) in [5, 5.41) is 18.0. The van der Waals surface area contributed by atoms with Gasteiger partial charge in [0.05, 0.1) is 29.9 Å². The van der Waals surface area contributed by atoms with Gasteiger partial charge in [-0.2, -0.15) is 33.2 Å². The van der Waals surface area contributed by atoms with Crippen LogP contribution in [0.25, 0.3) is 0 Å². The fourth-order valence-electron chi connectivity index (χ4n) is 3.18. The Labute approximate surface area is 207 Å². The van der Waals surface area contributed by atoms with E-state index in [2.05, 4.69) is 30.8 Å². The Morgan fingerprint density at radius 1 is 1.11 bits per heavy atom. The molecule has 0 atom stereocenters. The number of benzene rings is 2. The molecule has 36 heavy (non-hydrogen) atoms. The number of nitrogens with one attached hydrogen (secondary N) is 2. The van der Waals surface area contributed by atoms with Crippen molar-refractivity contribution in [1.82, 2.24) is 15.0 Å². The summed E-state index contributed by atoms with van der Waals surface area (Å²) in [6.45, 7) is 1.90. The van der Waals surface area contributed by atoms with Gasteiger partial charge in [-0.3, -0.25) is 10.1 Å². The number of morpholine rings is 1. The van der Waals surface area contributed by atoms with Crippen molar-refractivity contribution in [1.29, 1.82) is 0 Å². The maximum atomic E-state index is 13.1. The Balaban J connectivity index is 1.60. The van der Waals surface area contributed by atoms with Gasteiger partial charge in [0.15, 0.2) is 0 Å². The van der Waals surface area contributed by atoms with Gasteiger partial charge in [0.25, 0.3) is 5.69 Å². The molecular weight excluding hydrogens is 505 g/mol. The standard InChI is InChI=1S/C21H18ClF3N8O3/c22-17-5-4-16(33(34)35)10-13(17)12-26-31-19-28-18(29-20(30-19)32-6-8-36-9-7-32)27-15-3-1-2-14(11-15)21(23,24)25/h1-5,10-12H,6-9H2,(H2,27,28,29,30,31). The van der Waals surface area contributed by atoms with Gasteiger partial charge in [-0.1, -0.05) is 17.7 Å². The second-order valence-corrected chi connectivity index (χ2v) is 7.83. The minimum absolute atomic E-state index is 0.0150. The van der Waals surface area contributed by atoms with Crippen LogP contribution in [0.1, 0.15) is 11.1 Å². The summed E-state index contributed by atoms with van der Waals surface area (Å²) in [6, 6.07) is 8.49. The van der Waals surface area contributed by atoms with Gasteiger partial charge in [-0.25, -0.2) is 5.43 Å². The first-order valence-electron chi connectivity index (χ1n) is 10.4. The summed E-state index contributed by atoms with van der Waals surface area (Å²) in [6.07, 6.45) is -3.25. The van der Waals surface area contributed by atoms with E-state index in [9.17, 15) is 23.3 Å². The molecule has 0 saturated carbocycles. The minimum atomic E-state index is -4.51. The van der Waals surface area contributed by atoms with Crippen LogP contribution in [0.2, 0.25) is 5.02 Å². The van der Waals surface area contributed by atoms with E-state index in [0.717, 1.165) is 12.1 Å². The number of hydrogen-bond acceptors (Lipinski definition) is 10. The van der Waals surface area contributed by atoms with Crippen molar-refractivity contribution in [2.45, 2.75) is 6.18 Å². The summed E-state index contributed by atoms with van der Waals surface area (Å²) in [4.78, 5) is 25.1. The third kappa shape index (κ3) is 6.34. The van der Waals surface area contributed by atoms with Crippen LogP contribution in [-0.4, -0.2) is 52.4 Å². The lowest BCUT2D eigenvalue weighted by atomic mass is 10.2. The molecule has 0 aliphatic carbocycles. The number of hydrogen-bond donors (Lipinski definition) is 2. The maximum absolute atomic E-state index is 13.1. The van der Waals surface area contributed by atoms with E-state index in [1.165, 1.54) is 36.5 Å². The zero-order chi connectivity index (χ0) is 25.7. The number of non-ortho nitro benzene ring substituents is 1. The molecule has 0 spiro atoms. The highest BCUT2D eigenvalue weighted by molar-refractivity contribution is 6.33. The first-order chi connectivity index (χ1) is 17.2. The average Bonchev–Trinajstić information content (AvgIpc) is 2.85. The Hall–Kier alpha value is -4.04. The highest BCUT2D eigenvalue weighted by atomic mass is 35.5. The Bertz CT molecular complexity index is 1290. The van der Waals surface area contributed by atoms with Crippen LogP contribution in [-0.2, 0) is 10.9 Å². The van der Waals surface area contributed by atoms with Crippen molar-refractivity contribution in [2.24, 2.45) is 5.10 Å². The topological polar surface area (TPSA) is 131 Å². The van der Waals surface area contributed by atoms with Crippen LogP contribution in [0.4, 0.5) is 42.4 Å². The molecule has 0 unspecified atom stereocenters. The van der Waals surface area contributed by atoms with E-state index in [0.29, 0.717) is 26.3 Å². The molecule has 0 radical (unpaired) electrons. The smallest absolute Gasteiger partial charge is 0.378 e. The predicted molar refractivity (Wildman–Crippen MR) is 127 cm³/mol. The molecule has 0 bridgehead atoms. The summed E-state index contributed by atoms with van der Waals surface area (Å²) in [5.41, 5.74) is 2.03. The number of nitrogens with zero attached hydrogens (tertiary/aromatic N) is 6. The molecule has 1 aliphatic rings. The van der Waals surface area contributed by atoms with E-state index in [-0.39, 0.29) is 39.8 Å². The number of aromatic nitrogens is 3. The quantitative estimate of drug-likeness (QED) is 0.262. The van der Waals surface area contributed by atoms with Gasteiger partial charge in [0, 0.05) is 41.5 Å².